The molecule has 0 saturated heterocycles. The topological polar surface area (TPSA) is 44.5 Å². The molecule has 0 bridgehead atoms. The molecule has 0 aliphatic rings. The minimum absolute atomic E-state index is 0.686. The van der Waals surface area contributed by atoms with E-state index in [0.717, 1.165) is 16.4 Å². The van der Waals surface area contributed by atoms with Crippen LogP contribution in [-0.4, -0.2) is 22.5 Å². The molecule has 84 valence electrons. The summed E-state index contributed by atoms with van der Waals surface area (Å²) in [5, 5.41) is 1.15. The van der Waals surface area contributed by atoms with Crippen molar-refractivity contribution < 1.29 is 8.85 Å². The van der Waals surface area contributed by atoms with Crippen molar-refractivity contribution in [3.8, 4) is 0 Å². The smallest absolute Gasteiger partial charge is 0.356 e. The minimum atomic E-state index is -1.74. The van der Waals surface area contributed by atoms with Gasteiger partial charge in [0.2, 0.25) is 0 Å². The molecule has 0 saturated carbocycles. The van der Waals surface area contributed by atoms with Gasteiger partial charge in [-0.15, -0.1) is 0 Å². The van der Waals surface area contributed by atoms with Gasteiger partial charge in [0.25, 0.3) is 0 Å². The van der Waals surface area contributed by atoms with Gasteiger partial charge in [0.05, 0.1) is 0 Å². The molecular formula is C11H19NO2Si. The summed E-state index contributed by atoms with van der Waals surface area (Å²) in [6.07, 6.45) is 0. The third kappa shape index (κ3) is 3.05. The largest absolute Gasteiger partial charge is 0.399 e. The van der Waals surface area contributed by atoms with Gasteiger partial charge in [-0.3, -0.25) is 0 Å². The SMILES string of the molecule is CCO[SiH](OCC)c1cccc(N)c1C. The van der Waals surface area contributed by atoms with Crippen molar-refractivity contribution in [3.63, 3.8) is 0 Å². The van der Waals surface area contributed by atoms with E-state index >= 15 is 0 Å². The van der Waals surface area contributed by atoms with E-state index < -0.39 is 9.28 Å². The zero-order chi connectivity index (χ0) is 11.3. The lowest BCUT2D eigenvalue weighted by Gasteiger charge is -2.17. The molecule has 0 amide bonds. The number of hydrogen-bond donors (Lipinski definition) is 1. The molecule has 1 aromatic rings. The Bertz CT molecular complexity index is 311. The van der Waals surface area contributed by atoms with Crippen molar-refractivity contribution in [3.05, 3.63) is 23.8 Å². The highest BCUT2D eigenvalue weighted by molar-refractivity contribution is 6.62. The van der Waals surface area contributed by atoms with Gasteiger partial charge in [-0.2, -0.15) is 0 Å². The van der Waals surface area contributed by atoms with E-state index in [1.54, 1.807) is 0 Å². The van der Waals surface area contributed by atoms with Crippen molar-refractivity contribution in [2.75, 3.05) is 18.9 Å². The van der Waals surface area contributed by atoms with Crippen molar-refractivity contribution >= 4 is 20.2 Å². The summed E-state index contributed by atoms with van der Waals surface area (Å²) in [6, 6.07) is 5.91. The first-order valence-corrected chi connectivity index (χ1v) is 6.80. The lowest BCUT2D eigenvalue weighted by Crippen LogP contribution is -2.39. The maximum atomic E-state index is 5.86. The van der Waals surface area contributed by atoms with Crippen molar-refractivity contribution in [2.24, 2.45) is 0 Å². The van der Waals surface area contributed by atoms with Crippen LogP contribution >= 0.6 is 0 Å². The van der Waals surface area contributed by atoms with Crippen LogP contribution in [-0.2, 0) is 8.85 Å². The highest BCUT2D eigenvalue weighted by atomic mass is 28.3. The number of rotatable bonds is 5. The second-order valence-electron chi connectivity index (χ2n) is 3.30. The van der Waals surface area contributed by atoms with E-state index in [2.05, 4.69) is 0 Å². The predicted octanol–water partition coefficient (Wildman–Crippen LogP) is 1.08. The predicted molar refractivity (Wildman–Crippen MR) is 65.6 cm³/mol. The van der Waals surface area contributed by atoms with Crippen LogP contribution in [0.15, 0.2) is 18.2 Å². The molecule has 4 heteroatoms. The van der Waals surface area contributed by atoms with E-state index in [4.69, 9.17) is 14.6 Å². The average Bonchev–Trinajstić information content (AvgIpc) is 2.22. The summed E-state index contributed by atoms with van der Waals surface area (Å²) in [7, 11) is -1.74. The fourth-order valence-electron chi connectivity index (χ4n) is 1.46. The molecule has 0 aliphatic heterocycles. The Morgan fingerprint density at radius 1 is 1.20 bits per heavy atom. The van der Waals surface area contributed by atoms with E-state index in [1.165, 1.54) is 0 Å². The first-order chi connectivity index (χ1) is 7.20. The van der Waals surface area contributed by atoms with E-state index in [0.29, 0.717) is 13.2 Å². The normalized spacial score (nSPS) is 10.9. The fraction of sp³-hybridized carbons (Fsp3) is 0.455. The van der Waals surface area contributed by atoms with Gasteiger partial charge in [-0.25, -0.2) is 0 Å². The number of nitrogens with two attached hydrogens (primary N) is 1. The van der Waals surface area contributed by atoms with Crippen LogP contribution in [0.4, 0.5) is 5.69 Å². The molecule has 0 aromatic heterocycles. The number of nitrogen functional groups attached to an aromatic ring is 1. The Morgan fingerprint density at radius 2 is 1.80 bits per heavy atom. The zero-order valence-corrected chi connectivity index (χ0v) is 10.8. The van der Waals surface area contributed by atoms with Crippen molar-refractivity contribution in [1.82, 2.24) is 0 Å². The molecule has 0 atom stereocenters. The maximum absolute atomic E-state index is 5.86. The highest BCUT2D eigenvalue weighted by Gasteiger charge is 2.18. The van der Waals surface area contributed by atoms with Gasteiger partial charge in [0.1, 0.15) is 0 Å². The molecule has 0 fully saturated rings. The Kier molecular flexibility index (Phi) is 4.81. The lowest BCUT2D eigenvalue weighted by molar-refractivity contribution is 0.225. The van der Waals surface area contributed by atoms with Gasteiger partial charge < -0.3 is 14.6 Å². The molecule has 0 spiro atoms. The van der Waals surface area contributed by atoms with E-state index in [-0.39, 0.29) is 0 Å². The van der Waals surface area contributed by atoms with Crippen LogP contribution in [0.5, 0.6) is 0 Å². The second kappa shape index (κ2) is 5.90. The zero-order valence-electron chi connectivity index (χ0n) is 9.62. The van der Waals surface area contributed by atoms with Crippen LogP contribution in [0.2, 0.25) is 0 Å². The van der Waals surface area contributed by atoms with Crippen LogP contribution in [0.3, 0.4) is 0 Å². The van der Waals surface area contributed by atoms with E-state index in [9.17, 15) is 0 Å². The third-order valence-electron chi connectivity index (χ3n) is 2.31. The standard InChI is InChI=1S/C11H19NO2Si/c1-4-13-15(14-5-2)11-8-6-7-10(12)9(11)3/h6-8,15H,4-5,12H2,1-3H3. The first kappa shape index (κ1) is 12.2. The van der Waals surface area contributed by atoms with Gasteiger partial charge in [0.15, 0.2) is 0 Å². The molecule has 1 aromatic carbocycles. The Hall–Kier alpha value is -0.843. The molecule has 3 nitrogen and oxygen atoms in total. The summed E-state index contributed by atoms with van der Waals surface area (Å²) in [5.74, 6) is 0. The summed E-state index contributed by atoms with van der Waals surface area (Å²) >= 11 is 0. The van der Waals surface area contributed by atoms with Crippen LogP contribution < -0.4 is 10.9 Å². The summed E-state index contributed by atoms with van der Waals surface area (Å²) < 4.78 is 11.3. The average molecular weight is 225 g/mol. The number of benzene rings is 1. The van der Waals surface area contributed by atoms with Gasteiger partial charge in [-0.1, -0.05) is 12.1 Å². The molecule has 1 rings (SSSR count). The highest BCUT2D eigenvalue weighted by Crippen LogP contribution is 2.08. The van der Waals surface area contributed by atoms with Gasteiger partial charge in [-0.05, 0) is 37.6 Å². The summed E-state index contributed by atoms with van der Waals surface area (Å²) in [6.45, 7) is 7.36. The van der Waals surface area contributed by atoms with Crippen molar-refractivity contribution in [1.29, 1.82) is 0 Å². The Balaban J connectivity index is 2.94. The van der Waals surface area contributed by atoms with Crippen LogP contribution in [0.1, 0.15) is 19.4 Å². The molecule has 0 aliphatic carbocycles. The number of hydrogen-bond acceptors (Lipinski definition) is 3. The molecule has 2 N–H and O–H groups in total. The quantitative estimate of drug-likeness (QED) is 0.602. The van der Waals surface area contributed by atoms with Crippen LogP contribution in [0.25, 0.3) is 0 Å². The fourth-order valence-corrected chi connectivity index (χ4v) is 3.31. The molecule has 0 heterocycles. The molecular weight excluding hydrogens is 206 g/mol. The second-order valence-corrected chi connectivity index (χ2v) is 5.26. The number of anilines is 1. The van der Waals surface area contributed by atoms with Crippen molar-refractivity contribution in [2.45, 2.75) is 20.8 Å². The molecule has 0 unspecified atom stereocenters. The van der Waals surface area contributed by atoms with Gasteiger partial charge in [0, 0.05) is 18.9 Å². The van der Waals surface area contributed by atoms with E-state index in [1.807, 2.05) is 39.0 Å². The molecule has 15 heavy (non-hydrogen) atoms. The minimum Gasteiger partial charge on any atom is -0.399 e. The monoisotopic (exact) mass is 225 g/mol. The van der Waals surface area contributed by atoms with Gasteiger partial charge >= 0.3 is 9.28 Å². The first-order valence-electron chi connectivity index (χ1n) is 5.28. The Labute approximate surface area is 93.0 Å². The summed E-state index contributed by atoms with van der Waals surface area (Å²) in [5.41, 5.74) is 7.77. The maximum Gasteiger partial charge on any atom is 0.356 e. The molecule has 0 radical (unpaired) electrons. The Morgan fingerprint density at radius 3 is 2.33 bits per heavy atom. The summed E-state index contributed by atoms with van der Waals surface area (Å²) in [4.78, 5) is 0. The lowest BCUT2D eigenvalue weighted by atomic mass is 10.2. The third-order valence-corrected chi connectivity index (χ3v) is 4.71. The van der Waals surface area contributed by atoms with Crippen LogP contribution in [0, 0.1) is 6.92 Å².